The maximum atomic E-state index is 12.7. The maximum Gasteiger partial charge on any atom is 0.331 e. The van der Waals surface area contributed by atoms with E-state index in [1.807, 2.05) is 27.7 Å². The molecule has 0 saturated heterocycles. The van der Waals surface area contributed by atoms with Crippen LogP contribution < -0.4 is 11.3 Å². The molecular formula is C15H26N5O5P. The Labute approximate surface area is 151 Å². The van der Waals surface area contributed by atoms with Crippen LogP contribution in [0.5, 0.6) is 0 Å². The number of ether oxygens (including phenoxy) is 1. The Morgan fingerprint density at radius 2 is 1.92 bits per heavy atom. The first-order chi connectivity index (χ1) is 12.2. The predicted octanol–water partition coefficient (Wildman–Crippen LogP) is 2.11. The van der Waals surface area contributed by atoms with Crippen molar-refractivity contribution < 1.29 is 18.3 Å². The molecule has 0 spiro atoms. The average Bonchev–Trinajstić information content (AvgIpc) is 2.88. The van der Waals surface area contributed by atoms with Crippen LogP contribution in [0.2, 0.25) is 0 Å². The fourth-order valence-electron chi connectivity index (χ4n) is 2.36. The molecule has 3 N–H and O–H groups in total. The highest BCUT2D eigenvalue weighted by Gasteiger charge is 2.27. The number of aromatic nitrogens is 4. The summed E-state index contributed by atoms with van der Waals surface area (Å²) >= 11 is 0. The number of rotatable bonds is 10. The quantitative estimate of drug-likeness (QED) is 0.467. The van der Waals surface area contributed by atoms with E-state index in [9.17, 15) is 9.36 Å². The van der Waals surface area contributed by atoms with Gasteiger partial charge < -0.3 is 19.5 Å². The van der Waals surface area contributed by atoms with Gasteiger partial charge in [-0.05, 0) is 34.1 Å². The second-order valence-electron chi connectivity index (χ2n) is 6.37. The van der Waals surface area contributed by atoms with Crippen LogP contribution >= 0.6 is 7.60 Å². The van der Waals surface area contributed by atoms with Gasteiger partial charge in [-0.3, -0.25) is 18.9 Å². The minimum atomic E-state index is -3.16. The Bertz CT molecular complexity index is 817. The van der Waals surface area contributed by atoms with Crippen molar-refractivity contribution >= 4 is 24.7 Å². The number of H-pyrrole nitrogens is 1. The summed E-state index contributed by atoms with van der Waals surface area (Å²) in [4.78, 5) is 22.2. The molecule has 146 valence electrons. The molecule has 0 radical (unpaired) electrons. The van der Waals surface area contributed by atoms with Crippen molar-refractivity contribution in [3.63, 3.8) is 0 Å². The van der Waals surface area contributed by atoms with Crippen LogP contribution in [0.3, 0.4) is 0 Å². The van der Waals surface area contributed by atoms with E-state index in [2.05, 4.69) is 15.0 Å². The zero-order valence-corrected chi connectivity index (χ0v) is 16.4. The van der Waals surface area contributed by atoms with Crippen molar-refractivity contribution in [1.82, 2.24) is 19.5 Å². The average molecular weight is 387 g/mol. The molecule has 10 nitrogen and oxygen atoms in total. The molecule has 2 aromatic heterocycles. The smallest absolute Gasteiger partial charge is 0.331 e. The summed E-state index contributed by atoms with van der Waals surface area (Å²) in [5.41, 5.74) is 5.70. The first-order valence-electron chi connectivity index (χ1n) is 8.44. The largest absolute Gasteiger partial charge is 0.369 e. The number of fused-ring (bicyclic) bond motifs is 1. The highest BCUT2D eigenvalue weighted by molar-refractivity contribution is 7.53. The van der Waals surface area contributed by atoms with Gasteiger partial charge in [0.05, 0.1) is 24.7 Å². The van der Waals surface area contributed by atoms with Crippen molar-refractivity contribution in [2.24, 2.45) is 0 Å². The Balaban J connectivity index is 1.88. The van der Waals surface area contributed by atoms with Crippen LogP contribution in [-0.4, -0.2) is 44.5 Å². The van der Waals surface area contributed by atoms with Crippen LogP contribution in [0.15, 0.2) is 11.1 Å². The third-order valence-electron chi connectivity index (χ3n) is 3.19. The minimum absolute atomic E-state index is 0.0156. The summed E-state index contributed by atoms with van der Waals surface area (Å²) in [6.07, 6.45) is 1.85. The number of nitrogen functional groups attached to an aromatic ring is 1. The Hall–Kier alpha value is -1.74. The van der Waals surface area contributed by atoms with Crippen molar-refractivity contribution in [2.75, 3.05) is 18.5 Å². The molecule has 0 aliphatic carbocycles. The Morgan fingerprint density at radius 1 is 1.27 bits per heavy atom. The summed E-state index contributed by atoms with van der Waals surface area (Å²) in [6.45, 7) is 7.75. The molecule has 0 aromatic carbocycles. The standard InChI is InChI=1S/C15H26N5O5P/c1-10(2)24-26(22,25-11(3)4)7-5-6-23-9-20-8-17-12-13(20)18-15(16)19-14(12)21/h8,10-11H,5-7,9H2,1-4H3,(H3,16,18,19,21). The SMILES string of the molecule is CC(C)OP(=O)(CCCOCn1cnc2c(=O)[nH]c(N)nc21)OC(C)C. The fourth-order valence-corrected chi connectivity index (χ4v) is 4.42. The summed E-state index contributed by atoms with van der Waals surface area (Å²) in [7, 11) is -3.16. The van der Waals surface area contributed by atoms with Gasteiger partial charge in [-0.15, -0.1) is 0 Å². The molecule has 2 aromatic rings. The van der Waals surface area contributed by atoms with E-state index in [1.165, 1.54) is 6.33 Å². The first kappa shape index (κ1) is 20.6. The van der Waals surface area contributed by atoms with Crippen LogP contribution in [0.25, 0.3) is 11.2 Å². The van der Waals surface area contributed by atoms with Crippen molar-refractivity contribution in [3.8, 4) is 0 Å². The molecule has 2 heterocycles. The molecule has 26 heavy (non-hydrogen) atoms. The second kappa shape index (κ2) is 8.77. The molecule has 0 unspecified atom stereocenters. The third-order valence-corrected chi connectivity index (χ3v) is 5.54. The van der Waals surface area contributed by atoms with Gasteiger partial charge in [0, 0.05) is 6.61 Å². The van der Waals surface area contributed by atoms with E-state index in [1.54, 1.807) is 4.57 Å². The van der Waals surface area contributed by atoms with Gasteiger partial charge in [0.1, 0.15) is 6.73 Å². The van der Waals surface area contributed by atoms with Crippen LogP contribution in [-0.2, 0) is 25.1 Å². The van der Waals surface area contributed by atoms with Crippen LogP contribution in [0, 0.1) is 0 Å². The van der Waals surface area contributed by atoms with Gasteiger partial charge in [0.25, 0.3) is 5.56 Å². The lowest BCUT2D eigenvalue weighted by Crippen LogP contribution is -2.13. The van der Waals surface area contributed by atoms with E-state index in [0.717, 1.165) is 0 Å². The zero-order valence-electron chi connectivity index (χ0n) is 15.5. The molecule has 0 saturated carbocycles. The van der Waals surface area contributed by atoms with Gasteiger partial charge in [-0.25, -0.2) is 4.98 Å². The molecule has 0 fully saturated rings. The van der Waals surface area contributed by atoms with E-state index in [4.69, 9.17) is 19.5 Å². The molecule has 2 rings (SSSR count). The van der Waals surface area contributed by atoms with Gasteiger partial charge >= 0.3 is 7.60 Å². The third kappa shape index (κ3) is 5.63. The lowest BCUT2D eigenvalue weighted by atomic mass is 10.5. The highest BCUT2D eigenvalue weighted by atomic mass is 31.2. The van der Waals surface area contributed by atoms with Gasteiger partial charge in [0.15, 0.2) is 11.2 Å². The molecule has 0 aliphatic heterocycles. The number of nitrogens with zero attached hydrogens (tertiary/aromatic N) is 3. The zero-order chi connectivity index (χ0) is 19.3. The van der Waals surface area contributed by atoms with Gasteiger partial charge in [0.2, 0.25) is 5.95 Å². The number of hydrogen-bond donors (Lipinski definition) is 2. The molecule has 0 bridgehead atoms. The lowest BCUT2D eigenvalue weighted by Gasteiger charge is -2.22. The molecule has 0 amide bonds. The van der Waals surface area contributed by atoms with Gasteiger partial charge in [-0.1, -0.05) is 0 Å². The minimum Gasteiger partial charge on any atom is -0.369 e. The summed E-state index contributed by atoms with van der Waals surface area (Å²) in [5.74, 6) is 0.0156. The summed E-state index contributed by atoms with van der Waals surface area (Å²) in [6, 6.07) is 0. The first-order valence-corrected chi connectivity index (χ1v) is 10.2. The number of hydrogen-bond acceptors (Lipinski definition) is 8. The topological polar surface area (TPSA) is 134 Å². The highest BCUT2D eigenvalue weighted by Crippen LogP contribution is 2.50. The second-order valence-corrected chi connectivity index (χ2v) is 8.46. The normalized spacial score (nSPS) is 12.5. The fraction of sp³-hybridized carbons (Fsp3) is 0.667. The lowest BCUT2D eigenvalue weighted by molar-refractivity contribution is 0.0775. The Kier molecular flexibility index (Phi) is 6.94. The Morgan fingerprint density at radius 3 is 2.54 bits per heavy atom. The molecular weight excluding hydrogens is 361 g/mol. The summed E-state index contributed by atoms with van der Waals surface area (Å²) in [5, 5.41) is 0. The summed E-state index contributed by atoms with van der Waals surface area (Å²) < 4.78 is 30.8. The maximum absolute atomic E-state index is 12.7. The van der Waals surface area contributed by atoms with E-state index in [-0.39, 0.29) is 36.6 Å². The molecule has 11 heteroatoms. The number of nitrogens with two attached hydrogens (primary N) is 1. The van der Waals surface area contributed by atoms with E-state index < -0.39 is 13.2 Å². The number of anilines is 1. The monoisotopic (exact) mass is 387 g/mol. The van der Waals surface area contributed by atoms with Crippen LogP contribution in [0.4, 0.5) is 5.95 Å². The van der Waals surface area contributed by atoms with Crippen molar-refractivity contribution in [1.29, 1.82) is 0 Å². The van der Waals surface area contributed by atoms with Crippen molar-refractivity contribution in [3.05, 3.63) is 16.7 Å². The van der Waals surface area contributed by atoms with Crippen LogP contribution in [0.1, 0.15) is 34.1 Å². The predicted molar refractivity (Wildman–Crippen MR) is 98.0 cm³/mol. The van der Waals surface area contributed by atoms with Gasteiger partial charge in [-0.2, -0.15) is 4.98 Å². The molecule has 0 aliphatic rings. The van der Waals surface area contributed by atoms with Crippen molar-refractivity contribution in [2.45, 2.75) is 53.1 Å². The number of aromatic amines is 1. The van der Waals surface area contributed by atoms with E-state index >= 15 is 0 Å². The number of nitrogens with one attached hydrogen (secondary N) is 1. The van der Waals surface area contributed by atoms with E-state index in [0.29, 0.717) is 18.7 Å². The number of imidazole rings is 1. The molecule has 0 atom stereocenters.